The van der Waals surface area contributed by atoms with E-state index in [1.54, 1.807) is 5.51 Å². The van der Waals surface area contributed by atoms with Gasteiger partial charge in [-0.25, -0.2) is 0 Å². The highest BCUT2D eigenvalue weighted by Gasteiger charge is 2.17. The average molecular weight is 282 g/mol. The van der Waals surface area contributed by atoms with Crippen LogP contribution in [0.25, 0.3) is 0 Å². The lowest BCUT2D eigenvalue weighted by atomic mass is 10.1. The predicted molar refractivity (Wildman–Crippen MR) is 68.0 cm³/mol. The third kappa shape index (κ3) is 2.41. The Morgan fingerprint density at radius 3 is 2.78 bits per heavy atom. The Balaban J connectivity index is 2.50. The van der Waals surface area contributed by atoms with E-state index < -0.39 is 0 Å². The van der Waals surface area contributed by atoms with Gasteiger partial charge in [-0.2, -0.15) is 5.10 Å². The minimum atomic E-state index is 0.0116. The molecular formula is C9H10N6OS2. The van der Waals surface area contributed by atoms with Gasteiger partial charge in [0.25, 0.3) is 0 Å². The predicted octanol–water partition coefficient (Wildman–Crippen LogP) is 1.19. The third-order valence-electron chi connectivity index (χ3n) is 2.31. The van der Waals surface area contributed by atoms with E-state index in [-0.39, 0.29) is 5.84 Å². The summed E-state index contributed by atoms with van der Waals surface area (Å²) in [5.41, 5.74) is 9.44. The molecular weight excluding hydrogens is 272 g/mol. The van der Waals surface area contributed by atoms with Crippen molar-refractivity contribution < 1.29 is 5.21 Å². The topological polar surface area (TPSA) is 110 Å². The number of nitrogens with two attached hydrogens (primary N) is 1. The lowest BCUT2D eigenvalue weighted by Crippen LogP contribution is -2.18. The summed E-state index contributed by atoms with van der Waals surface area (Å²) in [5.74, 6) is 0.0116. The highest BCUT2D eigenvalue weighted by molar-refractivity contribution is 8.01. The Morgan fingerprint density at radius 1 is 1.39 bits per heavy atom. The van der Waals surface area contributed by atoms with E-state index >= 15 is 0 Å². The summed E-state index contributed by atoms with van der Waals surface area (Å²) >= 11 is 2.67. The monoisotopic (exact) mass is 282 g/mol. The molecule has 9 heteroatoms. The van der Waals surface area contributed by atoms with E-state index in [0.717, 1.165) is 15.6 Å². The van der Waals surface area contributed by atoms with Crippen molar-refractivity contribution in [1.29, 1.82) is 0 Å². The summed E-state index contributed by atoms with van der Waals surface area (Å²) in [6.45, 7) is 3.66. The molecule has 94 valence electrons. The van der Waals surface area contributed by atoms with Gasteiger partial charge in [0.15, 0.2) is 10.2 Å². The van der Waals surface area contributed by atoms with E-state index in [1.165, 1.54) is 23.1 Å². The van der Waals surface area contributed by atoms with Gasteiger partial charge in [0, 0.05) is 0 Å². The first kappa shape index (κ1) is 12.7. The fourth-order valence-electron chi connectivity index (χ4n) is 1.30. The zero-order valence-electron chi connectivity index (χ0n) is 9.65. The number of aryl methyl sites for hydroxylation is 1. The van der Waals surface area contributed by atoms with Crippen molar-refractivity contribution in [3.63, 3.8) is 0 Å². The van der Waals surface area contributed by atoms with Crippen LogP contribution in [0.5, 0.6) is 0 Å². The van der Waals surface area contributed by atoms with Crippen molar-refractivity contribution in [2.24, 2.45) is 10.9 Å². The van der Waals surface area contributed by atoms with Crippen molar-refractivity contribution in [2.45, 2.75) is 23.2 Å². The molecule has 0 aliphatic rings. The van der Waals surface area contributed by atoms with Crippen molar-refractivity contribution in [3.05, 3.63) is 22.3 Å². The lowest BCUT2D eigenvalue weighted by Gasteiger charge is -2.09. The van der Waals surface area contributed by atoms with E-state index in [0.29, 0.717) is 10.6 Å². The average Bonchev–Trinajstić information content (AvgIpc) is 2.86. The van der Waals surface area contributed by atoms with Crippen LogP contribution >= 0.6 is 23.1 Å². The van der Waals surface area contributed by atoms with Gasteiger partial charge in [0.05, 0.1) is 11.3 Å². The maximum absolute atomic E-state index is 8.83. The second-order valence-corrected chi connectivity index (χ2v) is 5.45. The molecule has 2 rings (SSSR count). The number of hydrogen-bond donors (Lipinski definition) is 2. The van der Waals surface area contributed by atoms with Crippen LogP contribution in [0.15, 0.2) is 20.0 Å². The van der Waals surface area contributed by atoms with Crippen LogP contribution < -0.4 is 5.73 Å². The second-order valence-electron chi connectivity index (χ2n) is 3.38. The molecule has 18 heavy (non-hydrogen) atoms. The van der Waals surface area contributed by atoms with E-state index in [9.17, 15) is 0 Å². The second kappa shape index (κ2) is 5.27. The van der Waals surface area contributed by atoms with Gasteiger partial charge in [-0.3, -0.25) is 0 Å². The first-order valence-corrected chi connectivity index (χ1v) is 6.59. The molecule has 0 aliphatic heterocycles. The van der Waals surface area contributed by atoms with Crippen molar-refractivity contribution in [3.8, 4) is 0 Å². The molecule has 2 heterocycles. The minimum absolute atomic E-state index is 0.0116. The highest BCUT2D eigenvalue weighted by Crippen LogP contribution is 2.30. The van der Waals surface area contributed by atoms with Crippen LogP contribution in [0, 0.1) is 13.8 Å². The van der Waals surface area contributed by atoms with Gasteiger partial charge >= 0.3 is 0 Å². The standard InChI is InChI=1S/C9H10N6OS2/c1-4-5(2)12-13-8(6(4)7(10)15-16)18-9-14-11-3-17-9/h3,16H,1-2H3,(H2,10,15). The Bertz CT molecular complexity index is 583. The number of aromatic nitrogens is 4. The van der Waals surface area contributed by atoms with E-state index in [1.807, 2.05) is 13.8 Å². The normalized spacial score (nSPS) is 11.8. The minimum Gasteiger partial charge on any atom is -0.409 e. The summed E-state index contributed by atoms with van der Waals surface area (Å²) in [5, 5.41) is 28.2. The van der Waals surface area contributed by atoms with Crippen LogP contribution in [0.4, 0.5) is 0 Å². The van der Waals surface area contributed by atoms with Crippen LogP contribution in [0.1, 0.15) is 16.8 Å². The van der Waals surface area contributed by atoms with Crippen LogP contribution in [-0.4, -0.2) is 31.4 Å². The SMILES string of the molecule is Cc1nnc(Sc2nncs2)c(/C(N)=N/O)c1C. The molecule has 0 aromatic carbocycles. The van der Waals surface area contributed by atoms with Gasteiger partial charge in [0.1, 0.15) is 10.5 Å². The molecule has 0 fully saturated rings. The quantitative estimate of drug-likeness (QED) is 0.376. The van der Waals surface area contributed by atoms with Crippen LogP contribution in [-0.2, 0) is 0 Å². The molecule has 3 N–H and O–H groups in total. The van der Waals surface area contributed by atoms with Crippen molar-refractivity contribution in [2.75, 3.05) is 0 Å². The highest BCUT2D eigenvalue weighted by atomic mass is 32.2. The van der Waals surface area contributed by atoms with E-state index in [4.69, 9.17) is 10.9 Å². The molecule has 0 bridgehead atoms. The molecule has 7 nitrogen and oxygen atoms in total. The number of rotatable bonds is 3. The smallest absolute Gasteiger partial charge is 0.180 e. The molecule has 0 atom stereocenters. The zero-order chi connectivity index (χ0) is 13.1. The summed E-state index contributed by atoms with van der Waals surface area (Å²) in [7, 11) is 0. The fourth-order valence-corrected chi connectivity index (χ4v) is 2.83. The molecule has 0 saturated carbocycles. The van der Waals surface area contributed by atoms with Gasteiger partial charge in [-0.1, -0.05) is 16.5 Å². The van der Waals surface area contributed by atoms with E-state index in [2.05, 4.69) is 25.6 Å². The van der Waals surface area contributed by atoms with Crippen molar-refractivity contribution in [1.82, 2.24) is 20.4 Å². The Morgan fingerprint density at radius 2 is 2.17 bits per heavy atom. The summed E-state index contributed by atoms with van der Waals surface area (Å²) in [4.78, 5) is 0. The van der Waals surface area contributed by atoms with Crippen molar-refractivity contribution >= 4 is 28.9 Å². The number of oxime groups is 1. The van der Waals surface area contributed by atoms with Crippen LogP contribution in [0.3, 0.4) is 0 Å². The maximum Gasteiger partial charge on any atom is 0.180 e. The first-order valence-electron chi connectivity index (χ1n) is 4.89. The summed E-state index contributed by atoms with van der Waals surface area (Å²) in [6, 6.07) is 0. The maximum atomic E-state index is 8.83. The molecule has 2 aromatic rings. The van der Waals surface area contributed by atoms with Gasteiger partial charge < -0.3 is 10.9 Å². The molecule has 0 aliphatic carbocycles. The molecule has 0 amide bonds. The lowest BCUT2D eigenvalue weighted by molar-refractivity contribution is 0.318. The molecule has 2 aromatic heterocycles. The number of amidine groups is 1. The summed E-state index contributed by atoms with van der Waals surface area (Å²) < 4.78 is 0.722. The fraction of sp³-hybridized carbons (Fsp3) is 0.222. The molecule has 0 spiro atoms. The van der Waals surface area contributed by atoms with Gasteiger partial charge in [-0.15, -0.1) is 15.3 Å². The molecule has 0 radical (unpaired) electrons. The third-order valence-corrected chi connectivity index (χ3v) is 4.07. The summed E-state index contributed by atoms with van der Waals surface area (Å²) in [6.07, 6.45) is 0. The van der Waals surface area contributed by atoms with Crippen LogP contribution in [0.2, 0.25) is 0 Å². The zero-order valence-corrected chi connectivity index (χ0v) is 11.3. The number of nitrogens with zero attached hydrogens (tertiary/aromatic N) is 5. The van der Waals surface area contributed by atoms with Gasteiger partial charge in [-0.05, 0) is 31.2 Å². The Kier molecular flexibility index (Phi) is 3.72. The van der Waals surface area contributed by atoms with Gasteiger partial charge in [0.2, 0.25) is 0 Å². The Hall–Kier alpha value is -1.74. The first-order chi connectivity index (χ1) is 8.63. The largest absolute Gasteiger partial charge is 0.409 e. The molecule has 0 saturated heterocycles. The molecule has 0 unspecified atom stereocenters. The Labute approximate surface area is 111 Å². The number of hydrogen-bond acceptors (Lipinski definition) is 8.